The summed E-state index contributed by atoms with van der Waals surface area (Å²) in [6.07, 6.45) is 3.27. The Morgan fingerprint density at radius 2 is 2.18 bits per heavy atom. The van der Waals surface area contributed by atoms with Crippen LogP contribution in [0.25, 0.3) is 11.3 Å². The minimum absolute atomic E-state index is 0.138. The van der Waals surface area contributed by atoms with Gasteiger partial charge < -0.3 is 9.26 Å². The van der Waals surface area contributed by atoms with Crippen molar-refractivity contribution in [3.63, 3.8) is 0 Å². The lowest BCUT2D eigenvalue weighted by atomic mass is 10.2. The number of rotatable bonds is 3. The van der Waals surface area contributed by atoms with Gasteiger partial charge in [-0.25, -0.2) is 4.79 Å². The number of carbonyl (C=O) groups is 1. The van der Waals surface area contributed by atoms with Crippen LogP contribution in [-0.4, -0.2) is 22.7 Å². The molecule has 0 saturated carbocycles. The molecule has 5 nitrogen and oxygen atoms in total. The Kier molecular flexibility index (Phi) is 3.53. The van der Waals surface area contributed by atoms with Crippen molar-refractivity contribution in [2.75, 3.05) is 6.61 Å². The topological polar surface area (TPSA) is 65.2 Å². The maximum Gasteiger partial charge on any atom is 0.361 e. The Bertz CT molecular complexity index is 525. The maximum atomic E-state index is 11.5. The van der Waals surface area contributed by atoms with Crippen LogP contribution >= 0.6 is 15.9 Å². The molecule has 2 aromatic heterocycles. The predicted molar refractivity (Wildman–Crippen MR) is 63.4 cm³/mol. The van der Waals surface area contributed by atoms with E-state index >= 15 is 0 Å². The van der Waals surface area contributed by atoms with Gasteiger partial charge in [-0.15, -0.1) is 0 Å². The Labute approximate surface area is 106 Å². The lowest BCUT2D eigenvalue weighted by Crippen LogP contribution is -2.05. The van der Waals surface area contributed by atoms with Gasteiger partial charge in [0.25, 0.3) is 0 Å². The van der Waals surface area contributed by atoms with Gasteiger partial charge in [0, 0.05) is 18.0 Å². The lowest BCUT2D eigenvalue weighted by molar-refractivity contribution is 0.0513. The van der Waals surface area contributed by atoms with Crippen molar-refractivity contribution in [3.8, 4) is 11.3 Å². The van der Waals surface area contributed by atoms with E-state index in [1.54, 1.807) is 31.5 Å². The molecular weight excluding hydrogens is 288 g/mol. The van der Waals surface area contributed by atoms with E-state index in [1.165, 1.54) is 0 Å². The van der Waals surface area contributed by atoms with Crippen molar-refractivity contribution >= 4 is 21.9 Å². The van der Waals surface area contributed by atoms with Gasteiger partial charge in [-0.2, -0.15) is 0 Å². The molecule has 17 heavy (non-hydrogen) atoms. The van der Waals surface area contributed by atoms with Crippen molar-refractivity contribution in [1.82, 2.24) is 10.1 Å². The zero-order valence-electron chi connectivity index (χ0n) is 9.01. The van der Waals surface area contributed by atoms with Crippen LogP contribution in [0.1, 0.15) is 17.4 Å². The fraction of sp³-hybridized carbons (Fsp3) is 0.182. The minimum atomic E-state index is -0.511. The minimum Gasteiger partial charge on any atom is -0.461 e. The first-order valence-corrected chi connectivity index (χ1v) is 5.76. The summed E-state index contributed by atoms with van der Waals surface area (Å²) >= 11 is 3.28. The van der Waals surface area contributed by atoms with Gasteiger partial charge in [0.05, 0.1) is 6.61 Å². The number of esters is 1. The quantitative estimate of drug-likeness (QED) is 0.815. The normalized spacial score (nSPS) is 10.2. The van der Waals surface area contributed by atoms with Crippen molar-refractivity contribution in [1.29, 1.82) is 0 Å². The highest BCUT2D eigenvalue weighted by molar-refractivity contribution is 9.10. The van der Waals surface area contributed by atoms with Crippen LogP contribution in [0.5, 0.6) is 0 Å². The molecule has 0 atom stereocenters. The Balaban J connectivity index is 2.37. The van der Waals surface area contributed by atoms with Gasteiger partial charge in [-0.1, -0.05) is 5.16 Å². The van der Waals surface area contributed by atoms with Crippen LogP contribution in [0, 0.1) is 0 Å². The molecule has 0 fully saturated rings. The van der Waals surface area contributed by atoms with Crippen molar-refractivity contribution in [2.45, 2.75) is 6.92 Å². The molecule has 88 valence electrons. The highest BCUT2D eigenvalue weighted by Crippen LogP contribution is 2.30. The number of ether oxygens (including phenoxy) is 1. The van der Waals surface area contributed by atoms with Crippen LogP contribution in [0.2, 0.25) is 0 Å². The molecule has 2 aromatic rings. The summed E-state index contributed by atoms with van der Waals surface area (Å²) in [4.78, 5) is 15.4. The highest BCUT2D eigenvalue weighted by Gasteiger charge is 2.21. The van der Waals surface area contributed by atoms with Gasteiger partial charge in [-0.3, -0.25) is 4.98 Å². The van der Waals surface area contributed by atoms with E-state index in [0.29, 0.717) is 16.8 Å². The first-order chi connectivity index (χ1) is 8.24. The predicted octanol–water partition coefficient (Wildman–Crippen LogP) is 2.68. The van der Waals surface area contributed by atoms with E-state index in [-0.39, 0.29) is 5.69 Å². The largest absolute Gasteiger partial charge is 0.461 e. The molecule has 2 rings (SSSR count). The molecule has 0 amide bonds. The second-order valence-corrected chi connectivity index (χ2v) is 3.92. The van der Waals surface area contributed by atoms with Gasteiger partial charge in [0.15, 0.2) is 5.76 Å². The molecule has 0 spiro atoms. The van der Waals surface area contributed by atoms with Gasteiger partial charge in [0.2, 0.25) is 5.69 Å². The lowest BCUT2D eigenvalue weighted by Gasteiger charge is -1.97. The fourth-order valence-corrected chi connectivity index (χ4v) is 1.82. The number of aromatic nitrogens is 2. The summed E-state index contributed by atoms with van der Waals surface area (Å²) in [7, 11) is 0. The average Bonchev–Trinajstić information content (AvgIpc) is 2.72. The van der Waals surface area contributed by atoms with E-state index < -0.39 is 5.97 Å². The molecule has 0 N–H and O–H groups in total. The van der Waals surface area contributed by atoms with Crippen molar-refractivity contribution in [2.24, 2.45) is 0 Å². The van der Waals surface area contributed by atoms with Crippen molar-refractivity contribution in [3.05, 3.63) is 34.7 Å². The third-order valence-corrected chi connectivity index (χ3v) is 2.78. The SMILES string of the molecule is CCOC(=O)c1noc(-c2ccncc2)c1Br. The Morgan fingerprint density at radius 3 is 2.82 bits per heavy atom. The van der Waals surface area contributed by atoms with Gasteiger partial charge >= 0.3 is 5.97 Å². The van der Waals surface area contributed by atoms with Crippen LogP contribution in [-0.2, 0) is 4.74 Å². The number of halogens is 1. The fourth-order valence-electron chi connectivity index (χ4n) is 1.29. The molecule has 0 aliphatic rings. The van der Waals surface area contributed by atoms with Crippen LogP contribution in [0.4, 0.5) is 0 Å². The molecule has 0 aromatic carbocycles. The highest BCUT2D eigenvalue weighted by atomic mass is 79.9. The first-order valence-electron chi connectivity index (χ1n) is 4.96. The second kappa shape index (κ2) is 5.09. The molecular formula is C11H9BrN2O3. The summed E-state index contributed by atoms with van der Waals surface area (Å²) in [5.74, 6) is -0.0288. The number of nitrogens with zero attached hydrogens (tertiary/aromatic N) is 2. The van der Waals surface area contributed by atoms with Gasteiger partial charge in [0.1, 0.15) is 4.47 Å². The van der Waals surface area contributed by atoms with E-state index in [2.05, 4.69) is 26.1 Å². The summed E-state index contributed by atoms with van der Waals surface area (Å²) in [6.45, 7) is 2.03. The maximum absolute atomic E-state index is 11.5. The summed E-state index contributed by atoms with van der Waals surface area (Å²) in [6, 6.07) is 3.53. The van der Waals surface area contributed by atoms with Crippen LogP contribution in [0.3, 0.4) is 0 Å². The molecule has 0 radical (unpaired) electrons. The van der Waals surface area contributed by atoms with Crippen LogP contribution in [0.15, 0.2) is 33.5 Å². The average molecular weight is 297 g/mol. The Morgan fingerprint density at radius 1 is 1.47 bits per heavy atom. The van der Waals surface area contributed by atoms with E-state index in [4.69, 9.17) is 9.26 Å². The second-order valence-electron chi connectivity index (χ2n) is 3.13. The smallest absolute Gasteiger partial charge is 0.361 e. The Hall–Kier alpha value is -1.69. The summed E-state index contributed by atoms with van der Waals surface area (Å²) < 4.78 is 10.5. The number of hydrogen-bond donors (Lipinski definition) is 0. The molecule has 6 heteroatoms. The monoisotopic (exact) mass is 296 g/mol. The molecule has 0 aliphatic carbocycles. The van der Waals surface area contributed by atoms with E-state index in [9.17, 15) is 4.79 Å². The molecule has 2 heterocycles. The molecule has 0 saturated heterocycles. The standard InChI is InChI=1S/C11H9BrN2O3/c1-2-16-11(15)9-8(12)10(17-14-9)7-3-5-13-6-4-7/h3-6H,2H2,1H3. The molecule has 0 aliphatic heterocycles. The summed E-state index contributed by atoms with van der Waals surface area (Å²) in [5.41, 5.74) is 0.925. The third kappa shape index (κ3) is 2.36. The molecule has 0 bridgehead atoms. The third-order valence-electron chi connectivity index (χ3n) is 2.05. The zero-order chi connectivity index (χ0) is 12.3. The van der Waals surface area contributed by atoms with E-state index in [1.807, 2.05) is 0 Å². The van der Waals surface area contributed by atoms with Gasteiger partial charge in [-0.05, 0) is 35.0 Å². The number of pyridine rings is 1. The zero-order valence-corrected chi connectivity index (χ0v) is 10.6. The van der Waals surface area contributed by atoms with Crippen LogP contribution < -0.4 is 0 Å². The van der Waals surface area contributed by atoms with Crippen molar-refractivity contribution < 1.29 is 14.1 Å². The summed E-state index contributed by atoms with van der Waals surface area (Å²) in [5, 5.41) is 3.69. The first kappa shape index (κ1) is 11.8. The number of hydrogen-bond acceptors (Lipinski definition) is 5. The number of carbonyl (C=O) groups excluding carboxylic acids is 1. The molecule has 0 unspecified atom stereocenters. The van der Waals surface area contributed by atoms with E-state index in [0.717, 1.165) is 5.56 Å².